The van der Waals surface area contributed by atoms with Crippen LogP contribution in [0.15, 0.2) is 84.2 Å². The van der Waals surface area contributed by atoms with Crippen molar-refractivity contribution in [3.63, 3.8) is 0 Å². The van der Waals surface area contributed by atoms with Crippen molar-refractivity contribution in [2.75, 3.05) is 17.2 Å². The Labute approximate surface area is 209 Å². The van der Waals surface area contributed by atoms with E-state index in [-0.39, 0.29) is 17.6 Å². The second-order valence-corrected chi connectivity index (χ2v) is 11.4. The number of rotatable bonds is 7. The first-order valence-corrected chi connectivity index (χ1v) is 13.5. The molecule has 1 amide bonds. The Kier molecular flexibility index (Phi) is 7.36. The largest absolute Gasteiger partial charge is 0.398 e. The van der Waals surface area contributed by atoms with E-state index in [1.807, 2.05) is 23.6 Å². The molecule has 0 aliphatic rings. The molecule has 10 heteroatoms. The second kappa shape index (κ2) is 10.3. The van der Waals surface area contributed by atoms with Gasteiger partial charge in [-0.05, 0) is 64.9 Å². The minimum absolute atomic E-state index is 0.135. The Hall–Kier alpha value is -3.39. The zero-order valence-corrected chi connectivity index (χ0v) is 20.5. The lowest BCUT2D eigenvalue weighted by Crippen LogP contribution is -2.22. The number of carbonyl (C=O) groups is 1. The van der Waals surface area contributed by atoms with Crippen molar-refractivity contribution in [3.8, 4) is 10.4 Å². The highest BCUT2D eigenvalue weighted by Crippen LogP contribution is 2.45. The van der Waals surface area contributed by atoms with Gasteiger partial charge in [0.1, 0.15) is 6.16 Å². The number of nitrogens with two attached hydrogens (primary N) is 1. The van der Waals surface area contributed by atoms with E-state index in [0.717, 1.165) is 10.4 Å². The molecule has 1 aromatic heterocycles. The van der Waals surface area contributed by atoms with Gasteiger partial charge in [-0.25, -0.2) is 0 Å². The lowest BCUT2D eigenvalue weighted by molar-refractivity contribution is -0.107. The molecule has 1 unspecified atom stereocenters. The zero-order chi connectivity index (χ0) is 25.9. The predicted molar refractivity (Wildman–Crippen MR) is 138 cm³/mol. The summed E-state index contributed by atoms with van der Waals surface area (Å²) in [5.74, 6) is -0.373. The number of hydrogen-bond acceptors (Lipinski definition) is 4. The van der Waals surface area contributed by atoms with Gasteiger partial charge < -0.3 is 15.9 Å². The average molecular weight is 531 g/mol. The van der Waals surface area contributed by atoms with Gasteiger partial charge in [-0.3, -0.25) is 9.36 Å². The summed E-state index contributed by atoms with van der Waals surface area (Å²) in [5.41, 5.74) is 9.22. The molecule has 0 fully saturated rings. The number of hydrogen-bond donors (Lipinski definition) is 3. The molecule has 0 aliphatic carbocycles. The average Bonchev–Trinajstić information content (AvgIpc) is 3.35. The summed E-state index contributed by atoms with van der Waals surface area (Å²) in [6.45, 7) is 0. The maximum Gasteiger partial charge on any atom is 0.398 e. The van der Waals surface area contributed by atoms with Gasteiger partial charge in [-0.1, -0.05) is 42.5 Å². The first-order valence-electron chi connectivity index (χ1n) is 10.8. The summed E-state index contributed by atoms with van der Waals surface area (Å²) in [7, 11) is -4.63. The van der Waals surface area contributed by atoms with Crippen LogP contribution in [-0.2, 0) is 11.0 Å². The number of anilines is 2. The van der Waals surface area contributed by atoms with Crippen LogP contribution in [0.4, 0.5) is 24.5 Å². The molecule has 4 aromatic rings. The number of halogens is 3. The van der Waals surface area contributed by atoms with Crippen LogP contribution in [0.5, 0.6) is 0 Å². The van der Waals surface area contributed by atoms with Crippen LogP contribution in [0.1, 0.15) is 21.5 Å². The molecule has 0 bridgehead atoms. The molecule has 0 saturated carbocycles. The minimum Gasteiger partial charge on any atom is -0.397 e. The normalized spacial score (nSPS) is 13.2. The van der Waals surface area contributed by atoms with E-state index in [1.165, 1.54) is 18.2 Å². The fourth-order valence-corrected chi connectivity index (χ4v) is 6.08. The van der Waals surface area contributed by atoms with Crippen molar-refractivity contribution in [2.45, 2.75) is 12.6 Å². The fourth-order valence-electron chi connectivity index (χ4n) is 3.78. The number of alkyl halides is 3. The highest BCUT2D eigenvalue weighted by molar-refractivity contribution is 7.66. The number of amides is 1. The van der Waals surface area contributed by atoms with Crippen LogP contribution in [0.25, 0.3) is 10.4 Å². The van der Waals surface area contributed by atoms with Crippen LogP contribution in [0.3, 0.4) is 0 Å². The van der Waals surface area contributed by atoms with E-state index in [0.29, 0.717) is 28.1 Å². The van der Waals surface area contributed by atoms with E-state index >= 15 is 0 Å². The maximum absolute atomic E-state index is 12.8. The predicted octanol–water partition coefficient (Wildman–Crippen LogP) is 6.30. The van der Waals surface area contributed by atoms with Gasteiger partial charge in [0.15, 0.2) is 0 Å². The molecule has 3 aromatic carbocycles. The fraction of sp³-hybridized carbons (Fsp3) is 0.115. The van der Waals surface area contributed by atoms with Crippen LogP contribution >= 0.6 is 18.7 Å². The summed E-state index contributed by atoms with van der Waals surface area (Å²) >= 11 is 1.57. The van der Waals surface area contributed by atoms with Crippen molar-refractivity contribution < 1.29 is 27.4 Å². The van der Waals surface area contributed by atoms with Crippen molar-refractivity contribution in [1.29, 1.82) is 0 Å². The molecular weight excluding hydrogens is 508 g/mol. The Bertz CT molecular complexity index is 1420. The Morgan fingerprint density at radius 1 is 1.00 bits per heavy atom. The molecule has 0 aliphatic heterocycles. The highest BCUT2D eigenvalue weighted by atomic mass is 32.1. The molecule has 1 heterocycles. The van der Waals surface area contributed by atoms with E-state index in [2.05, 4.69) is 5.32 Å². The van der Waals surface area contributed by atoms with Gasteiger partial charge in [0.25, 0.3) is 5.91 Å². The topological polar surface area (TPSA) is 92.4 Å². The Balaban J connectivity index is 1.50. The number of nitrogen functional groups attached to an aromatic ring is 1. The molecule has 5 nitrogen and oxygen atoms in total. The van der Waals surface area contributed by atoms with Gasteiger partial charge in [-0.2, -0.15) is 13.2 Å². The molecule has 0 radical (unpaired) electrons. The van der Waals surface area contributed by atoms with Gasteiger partial charge in [0.2, 0.25) is 7.37 Å². The van der Waals surface area contributed by atoms with Gasteiger partial charge in [0.05, 0.1) is 11.4 Å². The second-order valence-electron chi connectivity index (χ2n) is 8.21. The highest BCUT2D eigenvalue weighted by Gasteiger charge is 2.39. The van der Waals surface area contributed by atoms with Crippen LogP contribution in [0, 0.1) is 0 Å². The zero-order valence-electron chi connectivity index (χ0n) is 18.8. The molecule has 186 valence electrons. The lowest BCUT2D eigenvalue weighted by atomic mass is 10.0. The summed E-state index contributed by atoms with van der Waals surface area (Å²) in [4.78, 5) is 24.0. The van der Waals surface area contributed by atoms with E-state index in [4.69, 9.17) is 5.73 Å². The lowest BCUT2D eigenvalue weighted by Gasteiger charge is -2.17. The molecule has 36 heavy (non-hydrogen) atoms. The summed E-state index contributed by atoms with van der Waals surface area (Å²) in [5, 5.41) is 4.55. The third kappa shape index (κ3) is 6.23. The number of carbonyl (C=O) groups excluding carboxylic acids is 1. The number of benzene rings is 3. The van der Waals surface area contributed by atoms with E-state index in [1.54, 1.807) is 53.8 Å². The van der Waals surface area contributed by atoms with Crippen molar-refractivity contribution in [2.24, 2.45) is 0 Å². The van der Waals surface area contributed by atoms with Crippen molar-refractivity contribution in [3.05, 3.63) is 101 Å². The van der Waals surface area contributed by atoms with Gasteiger partial charge >= 0.3 is 6.18 Å². The van der Waals surface area contributed by atoms with Crippen LogP contribution < -0.4 is 16.4 Å². The monoisotopic (exact) mass is 530 g/mol. The van der Waals surface area contributed by atoms with Gasteiger partial charge in [-0.15, -0.1) is 11.3 Å². The molecule has 4 rings (SSSR count). The SMILES string of the molecule is Nc1ccc(-c2cccs2)cc1NC(=O)c1ccc(Cc2ccccc2P(=O)(O)CC(F)(F)F)cc1. The minimum atomic E-state index is -4.76. The molecule has 0 saturated heterocycles. The number of nitrogens with one attached hydrogen (secondary N) is 1. The van der Waals surface area contributed by atoms with E-state index < -0.39 is 19.7 Å². The van der Waals surface area contributed by atoms with E-state index in [9.17, 15) is 27.4 Å². The van der Waals surface area contributed by atoms with Crippen molar-refractivity contribution >= 4 is 41.3 Å². The summed E-state index contributed by atoms with van der Waals surface area (Å²) in [6.07, 6.45) is -6.41. The third-order valence-corrected chi connectivity index (χ3v) is 8.37. The molecule has 4 N–H and O–H groups in total. The molecule has 0 spiro atoms. The van der Waals surface area contributed by atoms with Gasteiger partial charge in [0, 0.05) is 15.7 Å². The summed E-state index contributed by atoms with van der Waals surface area (Å²) < 4.78 is 50.9. The van der Waals surface area contributed by atoms with Crippen LogP contribution in [0.2, 0.25) is 0 Å². The Morgan fingerprint density at radius 3 is 2.39 bits per heavy atom. The maximum atomic E-state index is 12.8. The first-order chi connectivity index (χ1) is 17.0. The number of thiophene rings is 1. The van der Waals surface area contributed by atoms with Crippen molar-refractivity contribution in [1.82, 2.24) is 0 Å². The summed E-state index contributed by atoms with van der Waals surface area (Å²) in [6, 6.07) is 21.6. The standard InChI is InChI=1S/C26H22F3N2O3PS/c27-26(28,29)16-35(33,34)23-5-2-1-4-19(23)14-17-7-9-18(10-8-17)25(32)31-22-15-20(11-12-21(22)30)24-6-3-13-36-24/h1-13,15H,14,16,30H2,(H,31,32)(H,33,34). The first kappa shape index (κ1) is 25.7. The Morgan fingerprint density at radius 2 is 1.72 bits per heavy atom. The van der Waals surface area contributed by atoms with Crippen LogP contribution in [-0.4, -0.2) is 23.1 Å². The smallest absolute Gasteiger partial charge is 0.397 e. The quantitative estimate of drug-likeness (QED) is 0.193. The molecular formula is C26H22F3N2O3PS. The molecule has 1 atom stereocenters. The third-order valence-electron chi connectivity index (χ3n) is 5.48.